The molecule has 2 aliphatic rings. The van der Waals surface area contributed by atoms with Gasteiger partial charge in [0.25, 0.3) is 0 Å². The van der Waals surface area contributed by atoms with Crippen molar-refractivity contribution in [2.75, 3.05) is 37.6 Å². The highest BCUT2D eigenvalue weighted by molar-refractivity contribution is 5.95. The molecule has 1 aliphatic heterocycles. The Morgan fingerprint density at radius 3 is 2.48 bits per heavy atom. The van der Waals surface area contributed by atoms with E-state index in [0.717, 1.165) is 31.6 Å². The van der Waals surface area contributed by atoms with Crippen LogP contribution in [0.5, 0.6) is 5.75 Å². The Hall–Kier alpha value is -2.28. The SMILES string of the molecule is O=C(CN1CCN(c2ccccc2O)CC1)NC(=O)NC1CC1. The highest BCUT2D eigenvalue weighted by atomic mass is 16.3. The smallest absolute Gasteiger partial charge is 0.321 e. The van der Waals surface area contributed by atoms with E-state index >= 15 is 0 Å². The number of urea groups is 1. The molecule has 1 aromatic carbocycles. The number of carbonyl (C=O) groups is 2. The van der Waals surface area contributed by atoms with Gasteiger partial charge in [0.15, 0.2) is 0 Å². The van der Waals surface area contributed by atoms with Gasteiger partial charge < -0.3 is 15.3 Å². The predicted octanol–water partition coefficient (Wildman–Crippen LogP) is 0.502. The van der Waals surface area contributed by atoms with E-state index in [1.165, 1.54) is 0 Å². The number of nitrogens with zero attached hydrogens (tertiary/aromatic N) is 2. The maximum absolute atomic E-state index is 11.9. The van der Waals surface area contributed by atoms with Crippen molar-refractivity contribution in [1.29, 1.82) is 0 Å². The molecule has 1 saturated heterocycles. The summed E-state index contributed by atoms with van der Waals surface area (Å²) in [6.45, 7) is 3.11. The lowest BCUT2D eigenvalue weighted by Crippen LogP contribution is -2.51. The molecule has 0 aromatic heterocycles. The van der Waals surface area contributed by atoms with Crippen LogP contribution in [0.2, 0.25) is 0 Å². The largest absolute Gasteiger partial charge is 0.506 e. The number of phenolic OH excluding ortho intramolecular Hbond substituents is 1. The van der Waals surface area contributed by atoms with Crippen molar-refractivity contribution in [2.24, 2.45) is 0 Å². The van der Waals surface area contributed by atoms with Gasteiger partial charge in [0.05, 0.1) is 12.2 Å². The summed E-state index contributed by atoms with van der Waals surface area (Å²) >= 11 is 0. The van der Waals surface area contributed by atoms with E-state index in [0.29, 0.717) is 13.1 Å². The van der Waals surface area contributed by atoms with Crippen LogP contribution in [0.3, 0.4) is 0 Å². The first-order valence-electron chi connectivity index (χ1n) is 7.97. The zero-order chi connectivity index (χ0) is 16.2. The van der Waals surface area contributed by atoms with Crippen molar-refractivity contribution < 1.29 is 14.7 Å². The molecule has 1 aromatic rings. The fourth-order valence-electron chi connectivity index (χ4n) is 2.70. The summed E-state index contributed by atoms with van der Waals surface area (Å²) in [5.74, 6) is -0.00500. The minimum absolute atomic E-state index is 0.215. The maximum atomic E-state index is 11.9. The van der Waals surface area contributed by atoms with Crippen LogP contribution < -0.4 is 15.5 Å². The standard InChI is InChI=1S/C16H22N4O3/c21-14-4-2-1-3-13(14)20-9-7-19(8-10-20)11-15(22)18-16(23)17-12-5-6-12/h1-4,12,21H,5-11H2,(H2,17,18,22,23). The number of hydrogen-bond acceptors (Lipinski definition) is 5. The molecule has 1 heterocycles. The molecular formula is C16H22N4O3. The highest BCUT2D eigenvalue weighted by Crippen LogP contribution is 2.27. The fraction of sp³-hybridized carbons (Fsp3) is 0.500. The lowest BCUT2D eigenvalue weighted by Gasteiger charge is -2.35. The number of aromatic hydroxyl groups is 1. The molecular weight excluding hydrogens is 296 g/mol. The van der Waals surface area contributed by atoms with E-state index in [2.05, 4.69) is 15.5 Å². The predicted molar refractivity (Wildman–Crippen MR) is 86.5 cm³/mol. The zero-order valence-electron chi connectivity index (χ0n) is 13.0. The average Bonchev–Trinajstić information content (AvgIpc) is 3.32. The zero-order valence-corrected chi connectivity index (χ0v) is 13.0. The number of amides is 3. The summed E-state index contributed by atoms with van der Waals surface area (Å²) in [7, 11) is 0. The van der Waals surface area contributed by atoms with Crippen molar-refractivity contribution in [3.05, 3.63) is 24.3 Å². The van der Waals surface area contributed by atoms with Gasteiger partial charge in [0, 0.05) is 32.2 Å². The van der Waals surface area contributed by atoms with Gasteiger partial charge in [0.1, 0.15) is 5.75 Å². The Balaban J connectivity index is 1.42. The fourth-order valence-corrected chi connectivity index (χ4v) is 2.70. The minimum Gasteiger partial charge on any atom is -0.506 e. The molecule has 124 valence electrons. The molecule has 3 amide bonds. The van der Waals surface area contributed by atoms with E-state index in [1.54, 1.807) is 12.1 Å². The van der Waals surface area contributed by atoms with Crippen molar-refractivity contribution in [3.8, 4) is 5.75 Å². The van der Waals surface area contributed by atoms with Gasteiger partial charge in [-0.3, -0.25) is 15.0 Å². The molecule has 0 radical (unpaired) electrons. The van der Waals surface area contributed by atoms with Crippen molar-refractivity contribution in [1.82, 2.24) is 15.5 Å². The van der Waals surface area contributed by atoms with Gasteiger partial charge in [-0.1, -0.05) is 12.1 Å². The van der Waals surface area contributed by atoms with E-state index in [4.69, 9.17) is 0 Å². The Labute approximate surface area is 135 Å². The summed E-state index contributed by atoms with van der Waals surface area (Å²) < 4.78 is 0. The van der Waals surface area contributed by atoms with Crippen LogP contribution in [-0.2, 0) is 4.79 Å². The average molecular weight is 318 g/mol. The summed E-state index contributed by atoms with van der Waals surface area (Å²) in [6, 6.07) is 7.10. The number of nitrogens with one attached hydrogen (secondary N) is 2. The monoisotopic (exact) mass is 318 g/mol. The number of para-hydroxylation sites is 2. The molecule has 7 heteroatoms. The molecule has 0 atom stereocenters. The van der Waals surface area contributed by atoms with Crippen LogP contribution >= 0.6 is 0 Å². The number of rotatable bonds is 4. The third kappa shape index (κ3) is 4.35. The molecule has 2 fully saturated rings. The van der Waals surface area contributed by atoms with E-state index in [1.807, 2.05) is 17.0 Å². The van der Waals surface area contributed by atoms with Crippen molar-refractivity contribution >= 4 is 17.6 Å². The van der Waals surface area contributed by atoms with Gasteiger partial charge in [-0.05, 0) is 25.0 Å². The first-order valence-corrected chi connectivity index (χ1v) is 7.97. The molecule has 7 nitrogen and oxygen atoms in total. The number of anilines is 1. The van der Waals surface area contributed by atoms with E-state index < -0.39 is 6.03 Å². The summed E-state index contributed by atoms with van der Waals surface area (Å²) in [6.07, 6.45) is 1.99. The second-order valence-electron chi connectivity index (χ2n) is 6.05. The summed E-state index contributed by atoms with van der Waals surface area (Å²) in [5, 5.41) is 15.0. The van der Waals surface area contributed by atoms with Crippen LogP contribution in [0.1, 0.15) is 12.8 Å². The van der Waals surface area contributed by atoms with Crippen LogP contribution in [0.15, 0.2) is 24.3 Å². The molecule has 3 rings (SSSR count). The number of hydrogen-bond donors (Lipinski definition) is 3. The number of carbonyl (C=O) groups excluding carboxylic acids is 2. The Morgan fingerprint density at radius 1 is 1.13 bits per heavy atom. The van der Waals surface area contributed by atoms with Crippen LogP contribution in [0, 0.1) is 0 Å². The maximum Gasteiger partial charge on any atom is 0.321 e. The van der Waals surface area contributed by atoms with Gasteiger partial charge in [0.2, 0.25) is 5.91 Å². The lowest BCUT2D eigenvalue weighted by atomic mass is 10.2. The van der Waals surface area contributed by atoms with Gasteiger partial charge in [-0.25, -0.2) is 4.79 Å². The highest BCUT2D eigenvalue weighted by Gasteiger charge is 2.25. The molecule has 23 heavy (non-hydrogen) atoms. The first-order chi connectivity index (χ1) is 11.1. The number of imide groups is 1. The third-order valence-corrected chi connectivity index (χ3v) is 4.13. The third-order valence-electron chi connectivity index (χ3n) is 4.13. The van der Waals surface area contributed by atoms with Gasteiger partial charge >= 0.3 is 6.03 Å². The summed E-state index contributed by atoms with van der Waals surface area (Å²) in [4.78, 5) is 27.5. The topological polar surface area (TPSA) is 84.9 Å². The normalized spacial score (nSPS) is 18.5. The van der Waals surface area contributed by atoms with Crippen LogP contribution in [-0.4, -0.2) is 60.7 Å². The van der Waals surface area contributed by atoms with Gasteiger partial charge in [-0.2, -0.15) is 0 Å². The lowest BCUT2D eigenvalue weighted by molar-refractivity contribution is -0.121. The second-order valence-corrected chi connectivity index (χ2v) is 6.05. The molecule has 1 saturated carbocycles. The first kappa shape index (κ1) is 15.6. The van der Waals surface area contributed by atoms with E-state index in [-0.39, 0.29) is 24.2 Å². The quantitative estimate of drug-likeness (QED) is 0.753. The van der Waals surface area contributed by atoms with E-state index in [9.17, 15) is 14.7 Å². The Kier molecular flexibility index (Phi) is 4.66. The number of benzene rings is 1. The second kappa shape index (κ2) is 6.87. The van der Waals surface area contributed by atoms with Crippen LogP contribution in [0.25, 0.3) is 0 Å². The minimum atomic E-state index is -0.398. The molecule has 3 N–H and O–H groups in total. The summed E-state index contributed by atoms with van der Waals surface area (Å²) in [5.41, 5.74) is 0.820. The Morgan fingerprint density at radius 2 is 1.83 bits per heavy atom. The van der Waals surface area contributed by atoms with Crippen molar-refractivity contribution in [2.45, 2.75) is 18.9 Å². The number of phenols is 1. The molecule has 0 bridgehead atoms. The Bertz CT molecular complexity index is 580. The number of piperazine rings is 1. The van der Waals surface area contributed by atoms with Crippen molar-refractivity contribution in [3.63, 3.8) is 0 Å². The van der Waals surface area contributed by atoms with Crippen LogP contribution in [0.4, 0.5) is 10.5 Å². The molecule has 0 unspecified atom stereocenters. The molecule has 0 spiro atoms. The van der Waals surface area contributed by atoms with Gasteiger partial charge in [-0.15, -0.1) is 0 Å². The molecule has 1 aliphatic carbocycles.